The molecule has 108 valence electrons. The lowest BCUT2D eigenvalue weighted by atomic mass is 9.91. The number of nitriles is 1. The minimum Gasteiger partial charge on any atom is -0.344 e. The van der Waals surface area contributed by atoms with Crippen molar-refractivity contribution in [2.75, 3.05) is 6.54 Å². The van der Waals surface area contributed by atoms with Gasteiger partial charge in [-0.25, -0.2) is 4.39 Å². The predicted molar refractivity (Wildman–Crippen MR) is 75.4 cm³/mol. The summed E-state index contributed by atoms with van der Waals surface area (Å²) >= 11 is 0. The predicted octanol–water partition coefficient (Wildman–Crippen LogP) is 1.78. The fraction of sp³-hybridized carbons (Fsp3) is 0.312. The van der Waals surface area contributed by atoms with Gasteiger partial charge in [-0.05, 0) is 23.6 Å². The Balaban J connectivity index is 2.70. The summed E-state index contributed by atoms with van der Waals surface area (Å²) in [4.78, 5) is 23.7. The van der Waals surface area contributed by atoms with E-state index in [9.17, 15) is 14.0 Å². The molecule has 0 unspecified atom stereocenters. The quantitative estimate of drug-likeness (QED) is 0.640. The Morgan fingerprint density at radius 1 is 1.38 bits per heavy atom. The van der Waals surface area contributed by atoms with Crippen LogP contribution in [0.25, 0.3) is 0 Å². The fourth-order valence-corrected chi connectivity index (χ4v) is 1.85. The number of carbonyl (C=O) groups excluding carboxylic acids is 2. The average Bonchev–Trinajstić information content (AvgIpc) is 2.46. The Morgan fingerprint density at radius 2 is 2.00 bits per heavy atom. The first-order valence-corrected chi connectivity index (χ1v) is 6.38. The van der Waals surface area contributed by atoms with Crippen molar-refractivity contribution in [3.63, 3.8) is 0 Å². The maximum absolute atomic E-state index is 12.8. The van der Waals surface area contributed by atoms with Crippen molar-refractivity contribution < 1.29 is 14.0 Å². The molecule has 1 N–H and O–H groups in total. The molecule has 0 radical (unpaired) electrons. The first-order chi connectivity index (χ1) is 9.99. The molecule has 0 aliphatic carbocycles. The van der Waals surface area contributed by atoms with Gasteiger partial charge in [0.2, 0.25) is 5.91 Å². The maximum atomic E-state index is 12.8. The van der Waals surface area contributed by atoms with Gasteiger partial charge in [-0.1, -0.05) is 25.0 Å². The fourth-order valence-electron chi connectivity index (χ4n) is 1.85. The van der Waals surface area contributed by atoms with Gasteiger partial charge in [0, 0.05) is 6.42 Å². The normalized spacial score (nSPS) is 12.6. The molecule has 0 heterocycles. The molecular formula is C16H15FN2O2. The molecule has 4 nitrogen and oxygen atoms in total. The van der Waals surface area contributed by atoms with Crippen LogP contribution in [0.3, 0.4) is 0 Å². The number of carbonyl (C=O) groups is 2. The molecule has 0 aromatic heterocycles. The van der Waals surface area contributed by atoms with Crippen molar-refractivity contribution in [3.05, 3.63) is 35.6 Å². The van der Waals surface area contributed by atoms with E-state index in [1.165, 1.54) is 12.1 Å². The van der Waals surface area contributed by atoms with E-state index >= 15 is 0 Å². The summed E-state index contributed by atoms with van der Waals surface area (Å²) in [6.45, 7) is 1.75. The molecule has 0 saturated heterocycles. The van der Waals surface area contributed by atoms with Crippen LogP contribution in [0.2, 0.25) is 0 Å². The Morgan fingerprint density at radius 3 is 2.52 bits per heavy atom. The number of nitrogens with one attached hydrogen (secondary N) is 1. The molecule has 0 aliphatic heterocycles. The second-order valence-corrected chi connectivity index (χ2v) is 4.61. The largest absolute Gasteiger partial charge is 0.344 e. The lowest BCUT2D eigenvalue weighted by Crippen LogP contribution is -2.35. The van der Waals surface area contributed by atoms with E-state index in [1.54, 1.807) is 25.1 Å². The van der Waals surface area contributed by atoms with Crippen LogP contribution in [-0.2, 0) is 9.59 Å². The summed E-state index contributed by atoms with van der Waals surface area (Å²) in [7, 11) is 0. The maximum Gasteiger partial charge on any atom is 0.245 e. The van der Waals surface area contributed by atoms with E-state index in [-0.39, 0.29) is 24.7 Å². The van der Waals surface area contributed by atoms with Crippen molar-refractivity contribution in [1.82, 2.24) is 5.32 Å². The molecule has 0 spiro atoms. The van der Waals surface area contributed by atoms with Gasteiger partial charge in [0.05, 0.1) is 12.6 Å². The smallest absolute Gasteiger partial charge is 0.245 e. The van der Waals surface area contributed by atoms with Crippen LogP contribution in [0.4, 0.5) is 4.39 Å². The van der Waals surface area contributed by atoms with E-state index in [2.05, 4.69) is 11.2 Å². The monoisotopic (exact) mass is 286 g/mol. The van der Waals surface area contributed by atoms with Crippen LogP contribution in [0.5, 0.6) is 0 Å². The van der Waals surface area contributed by atoms with Crippen molar-refractivity contribution in [2.24, 2.45) is 5.92 Å². The highest BCUT2D eigenvalue weighted by Crippen LogP contribution is 2.21. The number of hydrogen-bond donors (Lipinski definition) is 1. The standard InChI is InChI=1S/C16H15FN2O2/c1-3-8-19-16(21)14(10-18)15(20)9-11(2)12-4-6-13(17)7-5-12/h1,4-7,11,14H,8-9H2,2H3,(H,19,21)/t11-,14+/m1/s1. The molecule has 21 heavy (non-hydrogen) atoms. The molecular weight excluding hydrogens is 271 g/mol. The second-order valence-electron chi connectivity index (χ2n) is 4.61. The van der Waals surface area contributed by atoms with Crippen LogP contribution in [0.15, 0.2) is 24.3 Å². The van der Waals surface area contributed by atoms with Gasteiger partial charge >= 0.3 is 0 Å². The van der Waals surface area contributed by atoms with Crippen LogP contribution < -0.4 is 5.32 Å². The molecule has 1 aromatic carbocycles. The van der Waals surface area contributed by atoms with Gasteiger partial charge in [0.1, 0.15) is 5.82 Å². The van der Waals surface area contributed by atoms with Gasteiger partial charge in [-0.3, -0.25) is 9.59 Å². The van der Waals surface area contributed by atoms with Gasteiger partial charge in [-0.2, -0.15) is 5.26 Å². The Labute approximate surface area is 123 Å². The summed E-state index contributed by atoms with van der Waals surface area (Å²) in [5.74, 6) is -0.918. The van der Waals surface area contributed by atoms with Crippen LogP contribution >= 0.6 is 0 Å². The second kappa shape index (κ2) is 7.81. The topological polar surface area (TPSA) is 70.0 Å². The van der Waals surface area contributed by atoms with E-state index in [0.717, 1.165) is 5.56 Å². The highest BCUT2D eigenvalue weighted by molar-refractivity contribution is 6.04. The number of hydrogen-bond acceptors (Lipinski definition) is 3. The van der Waals surface area contributed by atoms with E-state index in [4.69, 9.17) is 11.7 Å². The van der Waals surface area contributed by atoms with Crippen molar-refractivity contribution in [2.45, 2.75) is 19.3 Å². The minimum atomic E-state index is -1.37. The van der Waals surface area contributed by atoms with Gasteiger partial charge < -0.3 is 5.32 Å². The zero-order valence-corrected chi connectivity index (χ0v) is 11.6. The Hall–Kier alpha value is -2.66. The summed E-state index contributed by atoms with van der Waals surface area (Å²) in [5, 5.41) is 11.3. The van der Waals surface area contributed by atoms with Crippen LogP contribution in [0, 0.1) is 35.4 Å². The first kappa shape index (κ1) is 16.4. The third kappa shape index (κ3) is 4.74. The number of amides is 1. The van der Waals surface area contributed by atoms with Gasteiger partial charge in [0.15, 0.2) is 11.7 Å². The van der Waals surface area contributed by atoms with Gasteiger partial charge in [-0.15, -0.1) is 6.42 Å². The number of nitrogens with zero attached hydrogens (tertiary/aromatic N) is 1. The molecule has 1 rings (SSSR count). The van der Waals surface area contributed by atoms with E-state index in [0.29, 0.717) is 0 Å². The SMILES string of the molecule is C#CCNC(=O)[C@@H](C#N)C(=O)C[C@@H](C)c1ccc(F)cc1. The Kier molecular flexibility index (Phi) is 6.10. The molecule has 0 saturated carbocycles. The first-order valence-electron chi connectivity index (χ1n) is 6.38. The molecule has 0 bridgehead atoms. The summed E-state index contributed by atoms with van der Waals surface area (Å²) in [5.41, 5.74) is 0.769. The molecule has 1 aromatic rings. The Bertz CT molecular complexity index is 596. The number of ketones is 1. The number of halogens is 1. The van der Waals surface area contributed by atoms with E-state index in [1.807, 2.05) is 0 Å². The van der Waals surface area contributed by atoms with Crippen molar-refractivity contribution in [1.29, 1.82) is 5.26 Å². The third-order valence-electron chi connectivity index (χ3n) is 3.02. The molecule has 2 atom stereocenters. The van der Waals surface area contributed by atoms with Crippen LogP contribution in [0.1, 0.15) is 24.8 Å². The number of rotatable bonds is 6. The lowest BCUT2D eigenvalue weighted by molar-refractivity contribution is -0.131. The molecule has 0 fully saturated rings. The number of benzene rings is 1. The molecule has 5 heteroatoms. The van der Waals surface area contributed by atoms with Crippen LogP contribution in [-0.4, -0.2) is 18.2 Å². The number of terminal acetylenes is 1. The zero-order valence-electron chi connectivity index (χ0n) is 11.6. The number of Topliss-reactive ketones (excluding diaryl/α,β-unsaturated/α-hetero) is 1. The van der Waals surface area contributed by atoms with E-state index < -0.39 is 17.6 Å². The minimum absolute atomic E-state index is 0.0212. The molecule has 0 aliphatic rings. The third-order valence-corrected chi connectivity index (χ3v) is 3.02. The van der Waals surface area contributed by atoms with Gasteiger partial charge in [0.25, 0.3) is 0 Å². The van der Waals surface area contributed by atoms with Crippen molar-refractivity contribution in [3.8, 4) is 18.4 Å². The van der Waals surface area contributed by atoms with Crippen molar-refractivity contribution >= 4 is 11.7 Å². The average molecular weight is 286 g/mol. The lowest BCUT2D eigenvalue weighted by Gasteiger charge is -2.13. The summed E-state index contributed by atoms with van der Waals surface area (Å²) in [6, 6.07) is 7.45. The highest BCUT2D eigenvalue weighted by Gasteiger charge is 2.27. The summed E-state index contributed by atoms with van der Waals surface area (Å²) < 4.78 is 12.8. The molecule has 1 amide bonds. The summed E-state index contributed by atoms with van der Waals surface area (Å²) in [6.07, 6.45) is 5.02. The zero-order chi connectivity index (χ0) is 15.8. The highest BCUT2D eigenvalue weighted by atomic mass is 19.1.